The second-order valence-corrected chi connectivity index (χ2v) is 6.32. The summed E-state index contributed by atoms with van der Waals surface area (Å²) in [7, 11) is 2.13. The predicted octanol–water partition coefficient (Wildman–Crippen LogP) is 3.74. The summed E-state index contributed by atoms with van der Waals surface area (Å²) >= 11 is 5.95. The molecule has 0 saturated carbocycles. The van der Waals surface area contributed by atoms with Gasteiger partial charge in [0.15, 0.2) is 0 Å². The molecule has 0 spiro atoms. The molecule has 0 bridgehead atoms. The molecule has 1 saturated heterocycles. The van der Waals surface area contributed by atoms with Crippen molar-refractivity contribution in [2.75, 3.05) is 43.4 Å². The van der Waals surface area contributed by atoms with Gasteiger partial charge in [0, 0.05) is 48.6 Å². The molecule has 0 atom stereocenters. The molecular formula is C17H19ClN4O2. The first kappa shape index (κ1) is 16.5. The first-order valence-corrected chi connectivity index (χ1v) is 8.15. The van der Waals surface area contributed by atoms with Gasteiger partial charge in [0.2, 0.25) is 0 Å². The predicted molar refractivity (Wildman–Crippen MR) is 97.5 cm³/mol. The fraction of sp³-hybridized carbons (Fsp3) is 0.294. The SMILES string of the molecule is CN1CCN(c2ccc(Nc3cc(Cl)ccc3[N+](=O)[O-])cc2)CC1. The van der Waals surface area contributed by atoms with E-state index in [4.69, 9.17) is 11.6 Å². The summed E-state index contributed by atoms with van der Waals surface area (Å²) in [4.78, 5) is 15.4. The van der Waals surface area contributed by atoms with Crippen molar-refractivity contribution < 1.29 is 4.92 Å². The monoisotopic (exact) mass is 346 g/mol. The van der Waals surface area contributed by atoms with Gasteiger partial charge in [-0.15, -0.1) is 0 Å². The normalized spacial score (nSPS) is 15.3. The summed E-state index contributed by atoms with van der Waals surface area (Å²) in [5.41, 5.74) is 2.34. The van der Waals surface area contributed by atoms with Gasteiger partial charge < -0.3 is 15.1 Å². The van der Waals surface area contributed by atoms with Crippen LogP contribution < -0.4 is 10.2 Å². The molecule has 0 aliphatic carbocycles. The van der Waals surface area contributed by atoms with Gasteiger partial charge in [-0.05, 0) is 43.4 Å². The van der Waals surface area contributed by atoms with Crippen LogP contribution in [0.1, 0.15) is 0 Å². The number of hydrogen-bond donors (Lipinski definition) is 1. The second kappa shape index (κ2) is 7.07. The maximum Gasteiger partial charge on any atom is 0.292 e. The van der Waals surface area contributed by atoms with Crippen LogP contribution in [0.2, 0.25) is 5.02 Å². The summed E-state index contributed by atoms with van der Waals surface area (Å²) in [6.07, 6.45) is 0. The van der Waals surface area contributed by atoms with Crippen LogP contribution in [-0.4, -0.2) is 43.0 Å². The highest BCUT2D eigenvalue weighted by molar-refractivity contribution is 6.31. The van der Waals surface area contributed by atoms with E-state index in [1.165, 1.54) is 12.1 Å². The number of nitrogens with zero attached hydrogens (tertiary/aromatic N) is 3. The van der Waals surface area contributed by atoms with Gasteiger partial charge in [-0.25, -0.2) is 0 Å². The van der Waals surface area contributed by atoms with Gasteiger partial charge in [-0.2, -0.15) is 0 Å². The number of likely N-dealkylation sites (N-methyl/N-ethyl adjacent to an activating group) is 1. The second-order valence-electron chi connectivity index (χ2n) is 5.88. The van der Waals surface area contributed by atoms with Crippen molar-refractivity contribution in [3.05, 3.63) is 57.6 Å². The largest absolute Gasteiger partial charge is 0.369 e. The lowest BCUT2D eigenvalue weighted by Crippen LogP contribution is -2.44. The van der Waals surface area contributed by atoms with Crippen LogP contribution in [0.5, 0.6) is 0 Å². The Bertz CT molecular complexity index is 728. The van der Waals surface area contributed by atoms with Crippen LogP contribution in [0, 0.1) is 10.1 Å². The highest BCUT2D eigenvalue weighted by atomic mass is 35.5. The Hall–Kier alpha value is -2.31. The van der Waals surface area contributed by atoms with E-state index in [9.17, 15) is 10.1 Å². The van der Waals surface area contributed by atoms with Crippen LogP contribution in [-0.2, 0) is 0 Å². The number of nitrogens with one attached hydrogen (secondary N) is 1. The number of anilines is 3. The van der Waals surface area contributed by atoms with E-state index >= 15 is 0 Å². The standard InChI is InChI=1S/C17H19ClN4O2/c1-20-8-10-21(11-9-20)15-5-3-14(4-6-15)19-16-12-13(18)2-7-17(16)22(23)24/h2-7,12,19H,8-11H2,1H3. The zero-order chi connectivity index (χ0) is 17.1. The van der Waals surface area contributed by atoms with Crippen molar-refractivity contribution in [2.24, 2.45) is 0 Å². The lowest BCUT2D eigenvalue weighted by molar-refractivity contribution is -0.383. The third-order valence-corrected chi connectivity index (χ3v) is 4.41. The lowest BCUT2D eigenvalue weighted by atomic mass is 10.2. The van der Waals surface area contributed by atoms with Gasteiger partial charge in [0.05, 0.1) is 4.92 Å². The van der Waals surface area contributed by atoms with Crippen LogP contribution in [0.15, 0.2) is 42.5 Å². The maximum absolute atomic E-state index is 11.1. The minimum absolute atomic E-state index is 0.00236. The number of piperazine rings is 1. The molecule has 0 aromatic heterocycles. The molecule has 24 heavy (non-hydrogen) atoms. The Kier molecular flexibility index (Phi) is 4.87. The summed E-state index contributed by atoms with van der Waals surface area (Å²) in [6.45, 7) is 4.11. The van der Waals surface area contributed by atoms with E-state index in [2.05, 4.69) is 22.2 Å². The molecule has 1 N–H and O–H groups in total. The summed E-state index contributed by atoms with van der Waals surface area (Å²) in [5, 5.41) is 14.7. The quantitative estimate of drug-likeness (QED) is 0.675. The van der Waals surface area contributed by atoms with Gasteiger partial charge in [-0.1, -0.05) is 11.6 Å². The molecule has 126 valence electrons. The van der Waals surface area contributed by atoms with Gasteiger partial charge >= 0.3 is 0 Å². The zero-order valence-electron chi connectivity index (χ0n) is 13.4. The Morgan fingerprint density at radius 1 is 1.08 bits per heavy atom. The summed E-state index contributed by atoms with van der Waals surface area (Å²) < 4.78 is 0. The van der Waals surface area contributed by atoms with Crippen molar-refractivity contribution in [1.82, 2.24) is 4.90 Å². The number of benzene rings is 2. The number of hydrogen-bond acceptors (Lipinski definition) is 5. The van der Waals surface area contributed by atoms with Gasteiger partial charge in [-0.3, -0.25) is 10.1 Å². The Morgan fingerprint density at radius 3 is 2.38 bits per heavy atom. The summed E-state index contributed by atoms with van der Waals surface area (Å²) in [5.74, 6) is 0. The Labute approximate surface area is 145 Å². The molecule has 1 heterocycles. The lowest BCUT2D eigenvalue weighted by Gasteiger charge is -2.34. The van der Waals surface area contributed by atoms with Crippen molar-refractivity contribution in [2.45, 2.75) is 0 Å². The zero-order valence-corrected chi connectivity index (χ0v) is 14.2. The highest BCUT2D eigenvalue weighted by Crippen LogP contribution is 2.31. The highest BCUT2D eigenvalue weighted by Gasteiger charge is 2.16. The average molecular weight is 347 g/mol. The van der Waals surface area contributed by atoms with E-state index in [1.54, 1.807) is 6.07 Å². The molecule has 0 unspecified atom stereocenters. The Balaban J connectivity index is 1.75. The third kappa shape index (κ3) is 3.77. The van der Waals surface area contributed by atoms with Crippen LogP contribution >= 0.6 is 11.6 Å². The first-order chi connectivity index (χ1) is 11.5. The topological polar surface area (TPSA) is 61.6 Å². The molecular weight excluding hydrogens is 328 g/mol. The minimum atomic E-state index is -0.419. The van der Waals surface area contributed by atoms with E-state index < -0.39 is 4.92 Å². The van der Waals surface area contributed by atoms with Crippen LogP contribution in [0.3, 0.4) is 0 Å². The minimum Gasteiger partial charge on any atom is -0.369 e. The smallest absolute Gasteiger partial charge is 0.292 e. The first-order valence-electron chi connectivity index (χ1n) is 7.77. The molecule has 6 nitrogen and oxygen atoms in total. The number of rotatable bonds is 4. The molecule has 1 aliphatic rings. The van der Waals surface area contributed by atoms with Crippen LogP contribution in [0.25, 0.3) is 0 Å². The molecule has 0 radical (unpaired) electrons. The fourth-order valence-corrected chi connectivity index (χ4v) is 2.92. The van der Waals surface area contributed by atoms with E-state index in [-0.39, 0.29) is 5.69 Å². The van der Waals surface area contributed by atoms with Crippen molar-refractivity contribution in [3.63, 3.8) is 0 Å². The molecule has 7 heteroatoms. The maximum atomic E-state index is 11.1. The van der Waals surface area contributed by atoms with E-state index in [0.717, 1.165) is 37.6 Å². The molecule has 1 fully saturated rings. The van der Waals surface area contributed by atoms with Crippen molar-refractivity contribution in [1.29, 1.82) is 0 Å². The average Bonchev–Trinajstić information content (AvgIpc) is 2.56. The number of nitro groups is 1. The molecule has 2 aromatic carbocycles. The van der Waals surface area contributed by atoms with E-state index in [0.29, 0.717) is 10.7 Å². The van der Waals surface area contributed by atoms with Crippen LogP contribution in [0.4, 0.5) is 22.7 Å². The third-order valence-electron chi connectivity index (χ3n) is 4.17. The van der Waals surface area contributed by atoms with Gasteiger partial charge in [0.25, 0.3) is 5.69 Å². The number of nitro benzene ring substituents is 1. The molecule has 2 aromatic rings. The summed E-state index contributed by atoms with van der Waals surface area (Å²) in [6, 6.07) is 12.4. The van der Waals surface area contributed by atoms with Crippen molar-refractivity contribution >= 4 is 34.4 Å². The van der Waals surface area contributed by atoms with Gasteiger partial charge in [0.1, 0.15) is 5.69 Å². The molecule has 1 aliphatic heterocycles. The Morgan fingerprint density at radius 2 is 1.75 bits per heavy atom. The fourth-order valence-electron chi connectivity index (χ4n) is 2.74. The van der Waals surface area contributed by atoms with Crippen molar-refractivity contribution in [3.8, 4) is 0 Å². The molecule has 0 amide bonds. The van der Waals surface area contributed by atoms with E-state index in [1.807, 2.05) is 24.3 Å². The molecule has 3 rings (SSSR count). The number of halogens is 1.